The maximum Gasteiger partial charge on any atom is 0.260 e. The molecule has 6 nitrogen and oxygen atoms in total. The number of rotatable bonds is 7. The second kappa shape index (κ2) is 8.73. The number of amides is 1. The van der Waals surface area contributed by atoms with Gasteiger partial charge in [-0.3, -0.25) is 4.79 Å². The molecule has 0 heterocycles. The van der Waals surface area contributed by atoms with Crippen molar-refractivity contribution in [2.45, 2.75) is 24.3 Å². The quantitative estimate of drug-likeness (QED) is 0.724. The molecule has 0 aromatic heterocycles. The van der Waals surface area contributed by atoms with Crippen LogP contribution < -0.4 is 15.2 Å². The van der Waals surface area contributed by atoms with E-state index in [2.05, 4.69) is 5.32 Å². The van der Waals surface area contributed by atoms with Gasteiger partial charge in [0, 0.05) is 12.6 Å². The lowest BCUT2D eigenvalue weighted by Gasteiger charge is -2.15. The van der Waals surface area contributed by atoms with Crippen molar-refractivity contribution in [1.29, 1.82) is 0 Å². The summed E-state index contributed by atoms with van der Waals surface area (Å²) in [5.41, 5.74) is 0.871. The largest absolute Gasteiger partial charge is 0.481 e. The summed E-state index contributed by atoms with van der Waals surface area (Å²) in [5.74, 6) is 0.165. The van der Waals surface area contributed by atoms with Crippen LogP contribution in [0.15, 0.2) is 47.4 Å². The van der Waals surface area contributed by atoms with Crippen LogP contribution in [0.2, 0.25) is 10.0 Å². The minimum absolute atomic E-state index is 0.0499. The van der Waals surface area contributed by atoms with E-state index in [1.165, 1.54) is 12.1 Å². The molecule has 26 heavy (non-hydrogen) atoms. The number of carbonyl (C=O) groups excluding carboxylic acids is 1. The molecule has 0 radical (unpaired) electrons. The van der Waals surface area contributed by atoms with Gasteiger partial charge in [-0.05, 0) is 43.2 Å². The topological polar surface area (TPSA) is 98.5 Å². The van der Waals surface area contributed by atoms with Gasteiger partial charge in [0.2, 0.25) is 10.0 Å². The molecule has 2 aromatic rings. The fraction of sp³-hybridized carbons (Fsp3) is 0.235. The highest BCUT2D eigenvalue weighted by atomic mass is 35.5. The fourth-order valence-electron chi connectivity index (χ4n) is 2.13. The van der Waals surface area contributed by atoms with E-state index in [9.17, 15) is 13.2 Å². The zero-order chi connectivity index (χ0) is 19.3. The van der Waals surface area contributed by atoms with Gasteiger partial charge in [0.05, 0.1) is 14.9 Å². The number of hydrogen-bond donors (Lipinski definition) is 2. The summed E-state index contributed by atoms with van der Waals surface area (Å²) in [7, 11) is -3.70. The van der Waals surface area contributed by atoms with E-state index in [0.29, 0.717) is 28.8 Å². The van der Waals surface area contributed by atoms with Crippen molar-refractivity contribution in [1.82, 2.24) is 5.32 Å². The second-order valence-corrected chi connectivity index (χ2v) is 7.94. The van der Waals surface area contributed by atoms with Crippen molar-refractivity contribution in [2.75, 3.05) is 6.54 Å². The van der Waals surface area contributed by atoms with Crippen LogP contribution in [0.1, 0.15) is 12.5 Å². The summed E-state index contributed by atoms with van der Waals surface area (Å²) in [5, 5.41) is 8.56. The average Bonchev–Trinajstić information content (AvgIpc) is 2.57. The molecule has 0 saturated carbocycles. The van der Waals surface area contributed by atoms with Crippen LogP contribution >= 0.6 is 23.2 Å². The van der Waals surface area contributed by atoms with Gasteiger partial charge in [-0.2, -0.15) is 0 Å². The molecule has 140 valence electrons. The van der Waals surface area contributed by atoms with Crippen molar-refractivity contribution in [2.24, 2.45) is 5.14 Å². The number of nitrogens with one attached hydrogen (secondary N) is 1. The Bertz CT molecular complexity index is 886. The molecule has 1 unspecified atom stereocenters. The van der Waals surface area contributed by atoms with E-state index in [1.54, 1.807) is 37.3 Å². The normalized spacial score (nSPS) is 12.5. The first-order valence-corrected chi connectivity index (χ1v) is 9.98. The highest BCUT2D eigenvalue weighted by Gasteiger charge is 2.15. The molecule has 0 fully saturated rings. The number of hydrogen-bond acceptors (Lipinski definition) is 4. The van der Waals surface area contributed by atoms with Gasteiger partial charge in [0.1, 0.15) is 5.75 Å². The van der Waals surface area contributed by atoms with Gasteiger partial charge >= 0.3 is 0 Å². The second-order valence-electron chi connectivity index (χ2n) is 5.57. The third-order valence-electron chi connectivity index (χ3n) is 3.54. The molecular weight excluding hydrogens is 399 g/mol. The third-order valence-corrected chi connectivity index (χ3v) is 5.21. The van der Waals surface area contributed by atoms with E-state index < -0.39 is 16.1 Å². The van der Waals surface area contributed by atoms with Gasteiger partial charge in [0.15, 0.2) is 6.10 Å². The summed E-state index contributed by atoms with van der Waals surface area (Å²) in [6.45, 7) is 2.00. The van der Waals surface area contributed by atoms with Crippen LogP contribution in [0.3, 0.4) is 0 Å². The van der Waals surface area contributed by atoms with Crippen molar-refractivity contribution < 1.29 is 17.9 Å². The number of primary sulfonamides is 1. The van der Waals surface area contributed by atoms with Crippen LogP contribution in [0, 0.1) is 0 Å². The fourth-order valence-corrected chi connectivity index (χ4v) is 2.93. The Morgan fingerprint density at radius 2 is 1.81 bits per heavy atom. The molecule has 0 bridgehead atoms. The molecule has 9 heteroatoms. The molecular formula is C17H18Cl2N2O4S. The zero-order valence-electron chi connectivity index (χ0n) is 13.9. The van der Waals surface area contributed by atoms with E-state index in [-0.39, 0.29) is 10.8 Å². The van der Waals surface area contributed by atoms with Crippen LogP contribution in [0.25, 0.3) is 0 Å². The SMILES string of the molecule is CC(Oc1ccc(Cl)c(Cl)c1)C(=O)NCCc1ccc(S(N)(=O)=O)cc1. The van der Waals surface area contributed by atoms with Gasteiger partial charge in [0.25, 0.3) is 5.91 Å². The third kappa shape index (κ3) is 5.88. The van der Waals surface area contributed by atoms with E-state index >= 15 is 0 Å². The number of benzene rings is 2. The Balaban J connectivity index is 1.83. The van der Waals surface area contributed by atoms with Crippen molar-refractivity contribution >= 4 is 39.1 Å². The Morgan fingerprint density at radius 3 is 2.38 bits per heavy atom. The zero-order valence-corrected chi connectivity index (χ0v) is 16.2. The molecule has 0 spiro atoms. The molecule has 2 aromatic carbocycles. The van der Waals surface area contributed by atoms with Crippen LogP contribution in [0.4, 0.5) is 0 Å². The summed E-state index contributed by atoms with van der Waals surface area (Å²) in [6, 6.07) is 10.9. The highest BCUT2D eigenvalue weighted by Crippen LogP contribution is 2.26. The summed E-state index contributed by atoms with van der Waals surface area (Å²) in [4.78, 5) is 12.1. The molecule has 2 rings (SSSR count). The smallest absolute Gasteiger partial charge is 0.260 e. The molecule has 0 aliphatic rings. The number of nitrogens with two attached hydrogens (primary N) is 1. The lowest BCUT2D eigenvalue weighted by Crippen LogP contribution is -2.37. The molecule has 1 atom stereocenters. The highest BCUT2D eigenvalue weighted by molar-refractivity contribution is 7.89. The Hall–Kier alpha value is -1.80. The minimum atomic E-state index is -3.70. The standard InChI is InChI=1S/C17H18Cl2N2O4S/c1-11(25-13-4-7-15(18)16(19)10-13)17(22)21-9-8-12-2-5-14(6-3-12)26(20,23)24/h2-7,10-11H,8-9H2,1H3,(H,21,22)(H2,20,23,24). The lowest BCUT2D eigenvalue weighted by atomic mass is 10.1. The molecule has 0 aliphatic heterocycles. The minimum Gasteiger partial charge on any atom is -0.481 e. The van der Waals surface area contributed by atoms with Crippen molar-refractivity contribution in [3.63, 3.8) is 0 Å². The predicted octanol–water partition coefficient (Wildman–Crippen LogP) is 2.77. The molecule has 0 saturated heterocycles. The first-order valence-electron chi connectivity index (χ1n) is 7.68. The Kier molecular flexibility index (Phi) is 6.88. The molecule has 1 amide bonds. The predicted molar refractivity (Wildman–Crippen MR) is 101 cm³/mol. The van der Waals surface area contributed by atoms with Gasteiger partial charge in [-0.15, -0.1) is 0 Å². The van der Waals surface area contributed by atoms with Crippen LogP contribution in [-0.2, 0) is 21.2 Å². The summed E-state index contributed by atoms with van der Waals surface area (Å²) < 4.78 is 27.9. The number of carbonyl (C=O) groups is 1. The number of ether oxygens (including phenoxy) is 1. The van der Waals surface area contributed by atoms with E-state index in [0.717, 1.165) is 5.56 Å². The van der Waals surface area contributed by atoms with Gasteiger partial charge in [-0.25, -0.2) is 13.6 Å². The van der Waals surface area contributed by atoms with E-state index in [1.807, 2.05) is 0 Å². The lowest BCUT2D eigenvalue weighted by molar-refractivity contribution is -0.127. The maximum atomic E-state index is 12.1. The Labute approximate surface area is 162 Å². The molecule has 0 aliphatic carbocycles. The van der Waals surface area contributed by atoms with Crippen molar-refractivity contribution in [3.8, 4) is 5.75 Å². The average molecular weight is 417 g/mol. The van der Waals surface area contributed by atoms with E-state index in [4.69, 9.17) is 33.1 Å². The number of halogens is 2. The maximum absolute atomic E-state index is 12.1. The summed E-state index contributed by atoms with van der Waals surface area (Å²) >= 11 is 11.7. The van der Waals surface area contributed by atoms with Crippen molar-refractivity contribution in [3.05, 3.63) is 58.1 Å². The Morgan fingerprint density at radius 1 is 1.15 bits per heavy atom. The molecule has 3 N–H and O–H groups in total. The first-order chi connectivity index (χ1) is 12.2. The summed E-state index contributed by atoms with van der Waals surface area (Å²) in [6.07, 6.45) is -0.173. The van der Waals surface area contributed by atoms with Crippen LogP contribution in [0.5, 0.6) is 5.75 Å². The first kappa shape index (κ1) is 20.5. The van der Waals surface area contributed by atoms with Crippen LogP contribution in [-0.4, -0.2) is 27.0 Å². The monoisotopic (exact) mass is 416 g/mol. The van der Waals surface area contributed by atoms with Gasteiger partial charge < -0.3 is 10.1 Å². The van der Waals surface area contributed by atoms with Gasteiger partial charge in [-0.1, -0.05) is 35.3 Å². The number of sulfonamides is 1.